The van der Waals surface area contributed by atoms with Crippen LogP contribution in [-0.4, -0.2) is 29.2 Å². The number of benzene rings is 1. The van der Waals surface area contributed by atoms with E-state index in [1.807, 2.05) is 38.1 Å². The number of amides is 1. The topological polar surface area (TPSA) is 75.0 Å². The van der Waals surface area contributed by atoms with Crippen molar-refractivity contribution in [1.82, 2.24) is 10.2 Å². The highest BCUT2D eigenvalue weighted by molar-refractivity contribution is 6.06. The van der Waals surface area contributed by atoms with Gasteiger partial charge < -0.3 is 10.6 Å². The first-order valence-electron chi connectivity index (χ1n) is 6.72. The van der Waals surface area contributed by atoms with Crippen molar-refractivity contribution in [3.05, 3.63) is 47.3 Å². The maximum absolute atomic E-state index is 12.6. The molecule has 0 aliphatic rings. The molecule has 0 radical (unpaired) electrons. The van der Waals surface area contributed by atoms with Gasteiger partial charge in [0.1, 0.15) is 0 Å². The van der Waals surface area contributed by atoms with Crippen molar-refractivity contribution in [3.63, 3.8) is 0 Å². The first-order valence-corrected chi connectivity index (χ1v) is 6.72. The average Bonchev–Trinajstić information content (AvgIpc) is 2.87. The molecule has 5 heteroatoms. The zero-order valence-electron chi connectivity index (χ0n) is 11.9. The molecule has 5 nitrogen and oxygen atoms in total. The Kier molecular flexibility index (Phi) is 4.53. The molecule has 1 aromatic heterocycles. The Morgan fingerprint density at radius 2 is 2.00 bits per heavy atom. The molecule has 20 heavy (non-hydrogen) atoms. The van der Waals surface area contributed by atoms with Crippen LogP contribution < -0.4 is 10.6 Å². The van der Waals surface area contributed by atoms with Crippen LogP contribution in [0.4, 0.5) is 5.69 Å². The Bertz CT molecular complexity index is 574. The third kappa shape index (κ3) is 3.05. The van der Waals surface area contributed by atoms with E-state index in [4.69, 9.17) is 5.73 Å². The van der Waals surface area contributed by atoms with E-state index >= 15 is 0 Å². The fourth-order valence-electron chi connectivity index (χ4n) is 2.03. The van der Waals surface area contributed by atoms with Crippen LogP contribution in [0.3, 0.4) is 0 Å². The summed E-state index contributed by atoms with van der Waals surface area (Å²) < 4.78 is 0. The van der Waals surface area contributed by atoms with Gasteiger partial charge >= 0.3 is 0 Å². The van der Waals surface area contributed by atoms with Crippen molar-refractivity contribution in [1.29, 1.82) is 0 Å². The number of anilines is 1. The zero-order chi connectivity index (χ0) is 14.5. The number of hydrogen-bond donors (Lipinski definition) is 2. The molecular weight excluding hydrogens is 252 g/mol. The van der Waals surface area contributed by atoms with Gasteiger partial charge in [0.2, 0.25) is 0 Å². The van der Waals surface area contributed by atoms with Crippen molar-refractivity contribution in [2.24, 2.45) is 5.73 Å². The summed E-state index contributed by atoms with van der Waals surface area (Å²) in [6, 6.07) is 7.92. The number of aryl methyl sites for hydroxylation is 2. The summed E-state index contributed by atoms with van der Waals surface area (Å²) in [5, 5.41) is 6.71. The largest absolute Gasteiger partial charge is 0.330 e. The molecule has 0 spiro atoms. The molecule has 0 saturated carbocycles. The second kappa shape index (κ2) is 6.34. The minimum atomic E-state index is -0.0476. The summed E-state index contributed by atoms with van der Waals surface area (Å²) in [7, 11) is 0. The lowest BCUT2D eigenvalue weighted by Gasteiger charge is -2.22. The van der Waals surface area contributed by atoms with Crippen LogP contribution in [-0.2, 0) is 0 Å². The van der Waals surface area contributed by atoms with Gasteiger partial charge in [0, 0.05) is 17.9 Å². The fourth-order valence-corrected chi connectivity index (χ4v) is 2.03. The van der Waals surface area contributed by atoms with Gasteiger partial charge in [-0.2, -0.15) is 5.10 Å². The van der Waals surface area contributed by atoms with Gasteiger partial charge in [-0.05, 0) is 38.9 Å². The third-order valence-electron chi connectivity index (χ3n) is 3.24. The van der Waals surface area contributed by atoms with E-state index in [2.05, 4.69) is 10.2 Å². The summed E-state index contributed by atoms with van der Waals surface area (Å²) in [5.74, 6) is -0.0476. The molecule has 0 atom stereocenters. The molecular formula is C15H20N4O. The third-order valence-corrected chi connectivity index (χ3v) is 3.24. The Labute approximate surface area is 118 Å². The highest BCUT2D eigenvalue weighted by Crippen LogP contribution is 2.19. The van der Waals surface area contributed by atoms with E-state index in [9.17, 15) is 4.79 Å². The number of aromatic amines is 1. The highest BCUT2D eigenvalue weighted by atomic mass is 16.2. The van der Waals surface area contributed by atoms with Gasteiger partial charge in [0.25, 0.3) is 5.91 Å². The normalized spacial score (nSPS) is 10.6. The van der Waals surface area contributed by atoms with E-state index in [1.54, 1.807) is 11.1 Å². The van der Waals surface area contributed by atoms with Crippen molar-refractivity contribution in [2.45, 2.75) is 20.3 Å². The lowest BCUT2D eigenvalue weighted by molar-refractivity contribution is 0.0986. The lowest BCUT2D eigenvalue weighted by Crippen LogP contribution is -2.33. The Morgan fingerprint density at radius 3 is 2.55 bits per heavy atom. The maximum Gasteiger partial charge on any atom is 0.261 e. The summed E-state index contributed by atoms with van der Waals surface area (Å²) in [6.45, 7) is 5.02. The number of rotatable bonds is 5. The van der Waals surface area contributed by atoms with Crippen molar-refractivity contribution >= 4 is 11.6 Å². The van der Waals surface area contributed by atoms with Gasteiger partial charge in [-0.1, -0.05) is 17.7 Å². The molecule has 2 aromatic rings. The van der Waals surface area contributed by atoms with Gasteiger partial charge in [-0.25, -0.2) is 0 Å². The van der Waals surface area contributed by atoms with Crippen LogP contribution in [0.25, 0.3) is 0 Å². The minimum Gasteiger partial charge on any atom is -0.330 e. The molecule has 0 bridgehead atoms. The summed E-state index contributed by atoms with van der Waals surface area (Å²) in [5.41, 5.74) is 9.00. The molecule has 1 amide bonds. The van der Waals surface area contributed by atoms with Crippen molar-refractivity contribution in [3.8, 4) is 0 Å². The minimum absolute atomic E-state index is 0.0476. The molecule has 1 aromatic carbocycles. The fraction of sp³-hybridized carbons (Fsp3) is 0.333. The van der Waals surface area contributed by atoms with Crippen LogP contribution in [0.15, 0.2) is 30.5 Å². The second-order valence-electron chi connectivity index (χ2n) is 4.84. The first-order chi connectivity index (χ1) is 9.63. The molecule has 0 fully saturated rings. The van der Waals surface area contributed by atoms with Crippen LogP contribution >= 0.6 is 0 Å². The van der Waals surface area contributed by atoms with Crippen molar-refractivity contribution < 1.29 is 4.79 Å². The standard InChI is InChI=1S/C15H20N4O/c1-11-4-6-13(7-5-11)19(9-3-8-16)15(20)14-10-17-18-12(14)2/h4-7,10H,3,8-9,16H2,1-2H3,(H,17,18). The zero-order valence-corrected chi connectivity index (χ0v) is 11.9. The van der Waals surface area contributed by atoms with Gasteiger partial charge in [0.05, 0.1) is 11.8 Å². The van der Waals surface area contributed by atoms with E-state index < -0.39 is 0 Å². The SMILES string of the molecule is Cc1ccc(N(CCCN)C(=O)c2cn[nH]c2C)cc1. The van der Waals surface area contributed by atoms with Crippen LogP contribution in [0.5, 0.6) is 0 Å². The van der Waals surface area contributed by atoms with Gasteiger partial charge in [0.15, 0.2) is 0 Å². The van der Waals surface area contributed by atoms with Gasteiger partial charge in [-0.3, -0.25) is 9.89 Å². The number of hydrogen-bond acceptors (Lipinski definition) is 3. The number of nitrogens with one attached hydrogen (secondary N) is 1. The van der Waals surface area contributed by atoms with Gasteiger partial charge in [-0.15, -0.1) is 0 Å². The molecule has 0 unspecified atom stereocenters. The number of nitrogens with zero attached hydrogens (tertiary/aromatic N) is 2. The second-order valence-corrected chi connectivity index (χ2v) is 4.84. The molecule has 0 aliphatic carbocycles. The smallest absolute Gasteiger partial charge is 0.261 e. The number of aromatic nitrogens is 2. The highest BCUT2D eigenvalue weighted by Gasteiger charge is 2.20. The quantitative estimate of drug-likeness (QED) is 0.874. The molecule has 0 saturated heterocycles. The van der Waals surface area contributed by atoms with E-state index in [0.717, 1.165) is 17.8 Å². The summed E-state index contributed by atoms with van der Waals surface area (Å²) in [6.07, 6.45) is 2.33. The predicted molar refractivity (Wildman–Crippen MR) is 79.9 cm³/mol. The number of carbonyl (C=O) groups excluding carboxylic acids is 1. The van der Waals surface area contributed by atoms with E-state index in [-0.39, 0.29) is 5.91 Å². The molecule has 0 aliphatic heterocycles. The number of nitrogens with two attached hydrogens (primary N) is 1. The molecule has 106 valence electrons. The Balaban J connectivity index is 2.30. The average molecular weight is 272 g/mol. The number of carbonyl (C=O) groups is 1. The Morgan fingerprint density at radius 1 is 1.30 bits per heavy atom. The monoisotopic (exact) mass is 272 g/mol. The van der Waals surface area contributed by atoms with Crippen LogP contribution in [0.2, 0.25) is 0 Å². The molecule has 1 heterocycles. The summed E-state index contributed by atoms with van der Waals surface area (Å²) in [4.78, 5) is 14.4. The summed E-state index contributed by atoms with van der Waals surface area (Å²) >= 11 is 0. The lowest BCUT2D eigenvalue weighted by atomic mass is 10.1. The van der Waals surface area contributed by atoms with Crippen LogP contribution in [0.1, 0.15) is 28.0 Å². The van der Waals surface area contributed by atoms with Crippen molar-refractivity contribution in [2.75, 3.05) is 18.0 Å². The number of H-pyrrole nitrogens is 1. The molecule has 2 rings (SSSR count). The van der Waals surface area contributed by atoms with E-state index in [0.29, 0.717) is 18.7 Å². The van der Waals surface area contributed by atoms with Crippen LogP contribution in [0, 0.1) is 13.8 Å². The van der Waals surface area contributed by atoms with E-state index in [1.165, 1.54) is 5.56 Å². The molecule has 3 N–H and O–H groups in total. The predicted octanol–water partition coefficient (Wildman–Crippen LogP) is 2.02. The Hall–Kier alpha value is -2.14. The first kappa shape index (κ1) is 14.3. The maximum atomic E-state index is 12.6.